The van der Waals surface area contributed by atoms with Crippen molar-refractivity contribution in [2.45, 2.75) is 6.42 Å². The number of fused-ring (bicyclic) bond motifs is 1. The van der Waals surface area contributed by atoms with Gasteiger partial charge in [0.1, 0.15) is 0 Å². The molecule has 0 radical (unpaired) electrons. The topological polar surface area (TPSA) is 17.1 Å². The average Bonchev–Trinajstić information content (AvgIpc) is 2.36. The molecule has 0 heterocycles. The summed E-state index contributed by atoms with van der Waals surface area (Å²) in [5, 5.41) is 0. The Morgan fingerprint density at radius 2 is 1.47 bits per heavy atom. The van der Waals surface area contributed by atoms with Crippen LogP contribution in [0.3, 0.4) is 0 Å². The number of Topliss-reactive ketones (excluding diaryl/α,β-unsaturated/α-hetero) is 1. The first-order chi connectivity index (χ1) is 8.31. The van der Waals surface area contributed by atoms with Gasteiger partial charge in [-0.25, -0.2) is 0 Å². The zero-order chi connectivity index (χ0) is 12.1. The number of hydrogen-bond donors (Lipinski definition) is 0. The SMILES string of the molecule is C#CCC(=O)c1ccccc1.c1cc2ccc1-2. The second-order valence-electron chi connectivity index (χ2n) is 3.75. The third-order valence-electron chi connectivity index (χ3n) is 2.58. The van der Waals surface area contributed by atoms with Crippen molar-refractivity contribution in [1.82, 2.24) is 0 Å². The fraction of sp³-hybridized carbons (Fsp3) is 0.0625. The molecule has 0 unspecified atom stereocenters. The monoisotopic (exact) mass is 220 g/mol. The van der Waals surface area contributed by atoms with Crippen molar-refractivity contribution in [3.8, 4) is 23.5 Å². The molecular formula is C16H12O. The van der Waals surface area contributed by atoms with Crippen molar-refractivity contribution >= 4 is 5.78 Å². The molecule has 0 aromatic heterocycles. The maximum absolute atomic E-state index is 11.1. The van der Waals surface area contributed by atoms with Crippen LogP contribution in [0.4, 0.5) is 0 Å². The lowest BCUT2D eigenvalue weighted by atomic mass is 9.95. The quantitative estimate of drug-likeness (QED) is 0.476. The van der Waals surface area contributed by atoms with Crippen LogP contribution in [0.15, 0.2) is 54.6 Å². The Balaban J connectivity index is 0.000000148. The van der Waals surface area contributed by atoms with Gasteiger partial charge in [0.2, 0.25) is 0 Å². The summed E-state index contributed by atoms with van der Waals surface area (Å²) in [5.74, 6) is 2.32. The molecule has 0 fully saturated rings. The molecule has 0 atom stereocenters. The van der Waals surface area contributed by atoms with E-state index in [2.05, 4.69) is 30.2 Å². The molecule has 1 heteroatoms. The van der Waals surface area contributed by atoms with Crippen LogP contribution < -0.4 is 0 Å². The summed E-state index contributed by atoms with van der Waals surface area (Å²) in [6, 6.07) is 17.5. The van der Waals surface area contributed by atoms with E-state index in [1.54, 1.807) is 12.1 Å². The molecule has 0 bridgehead atoms. The zero-order valence-corrected chi connectivity index (χ0v) is 9.39. The largest absolute Gasteiger partial charge is 0.293 e. The second kappa shape index (κ2) is 5.14. The van der Waals surface area contributed by atoms with Crippen molar-refractivity contribution in [3.05, 3.63) is 60.2 Å². The normalized spacial score (nSPS) is 9.59. The van der Waals surface area contributed by atoms with Crippen LogP contribution in [0, 0.1) is 12.3 Å². The lowest BCUT2D eigenvalue weighted by Crippen LogP contribution is -1.95. The first-order valence-electron chi connectivity index (χ1n) is 5.43. The molecule has 2 aliphatic carbocycles. The summed E-state index contributed by atoms with van der Waals surface area (Å²) in [4.78, 5) is 11.1. The molecule has 82 valence electrons. The van der Waals surface area contributed by atoms with Crippen LogP contribution in [-0.4, -0.2) is 5.78 Å². The summed E-state index contributed by atoms with van der Waals surface area (Å²) < 4.78 is 0. The minimum Gasteiger partial charge on any atom is -0.293 e. The van der Waals surface area contributed by atoms with E-state index in [0.717, 1.165) is 0 Å². The van der Waals surface area contributed by atoms with Gasteiger partial charge in [0.05, 0.1) is 6.42 Å². The van der Waals surface area contributed by atoms with Crippen LogP contribution >= 0.6 is 0 Å². The van der Waals surface area contributed by atoms with Crippen molar-refractivity contribution in [1.29, 1.82) is 0 Å². The Bertz CT molecular complexity index is 523. The minimum atomic E-state index is 0.00750. The summed E-state index contributed by atoms with van der Waals surface area (Å²) in [7, 11) is 0. The summed E-state index contributed by atoms with van der Waals surface area (Å²) in [6.07, 6.45) is 5.18. The fourth-order valence-corrected chi connectivity index (χ4v) is 1.48. The Labute approximate surface area is 101 Å². The lowest BCUT2D eigenvalue weighted by molar-refractivity contribution is 0.0998. The first kappa shape index (κ1) is 11.2. The van der Waals surface area contributed by atoms with Crippen LogP contribution in [0.1, 0.15) is 16.8 Å². The number of carbonyl (C=O) groups excluding carboxylic acids is 1. The van der Waals surface area contributed by atoms with Crippen molar-refractivity contribution in [2.24, 2.45) is 0 Å². The maximum Gasteiger partial charge on any atom is 0.174 e. The van der Waals surface area contributed by atoms with E-state index < -0.39 is 0 Å². The Morgan fingerprint density at radius 3 is 1.82 bits per heavy atom. The number of carbonyl (C=O) groups is 1. The van der Waals surface area contributed by atoms with Crippen LogP contribution in [0.25, 0.3) is 11.1 Å². The van der Waals surface area contributed by atoms with E-state index in [9.17, 15) is 4.79 Å². The van der Waals surface area contributed by atoms with Gasteiger partial charge in [0, 0.05) is 5.56 Å². The standard InChI is InChI=1S/C10H8O.C6H4/c1-2-6-10(11)9-7-4-3-5-8-9;1-2-6-4-3-5(1)6/h1,3-5,7-8H,6H2;1-4H. The molecular weight excluding hydrogens is 208 g/mol. The predicted octanol–water partition coefficient (Wildman–Crippen LogP) is 3.56. The fourth-order valence-electron chi connectivity index (χ4n) is 1.48. The number of rotatable bonds is 2. The van der Waals surface area contributed by atoms with Crippen molar-refractivity contribution < 1.29 is 4.79 Å². The van der Waals surface area contributed by atoms with Gasteiger partial charge in [-0.05, 0) is 11.1 Å². The predicted molar refractivity (Wildman–Crippen MR) is 69.7 cm³/mol. The number of hydrogen-bond acceptors (Lipinski definition) is 1. The minimum absolute atomic E-state index is 0.00750. The van der Waals surface area contributed by atoms with E-state index in [1.807, 2.05) is 18.2 Å². The van der Waals surface area contributed by atoms with E-state index >= 15 is 0 Å². The van der Waals surface area contributed by atoms with E-state index in [1.165, 1.54) is 11.1 Å². The number of terminal acetylenes is 1. The Kier molecular flexibility index (Phi) is 3.37. The highest BCUT2D eigenvalue weighted by Gasteiger charge is 2.04. The van der Waals surface area contributed by atoms with Crippen LogP contribution in [0.2, 0.25) is 0 Å². The molecule has 3 rings (SSSR count). The number of ketones is 1. The van der Waals surface area contributed by atoms with Crippen LogP contribution in [0.5, 0.6) is 0 Å². The van der Waals surface area contributed by atoms with Gasteiger partial charge in [-0.1, -0.05) is 60.5 Å². The number of benzene rings is 2. The van der Waals surface area contributed by atoms with E-state index in [0.29, 0.717) is 5.56 Å². The second-order valence-corrected chi connectivity index (χ2v) is 3.75. The zero-order valence-electron chi connectivity index (χ0n) is 9.39. The summed E-state index contributed by atoms with van der Waals surface area (Å²) >= 11 is 0. The van der Waals surface area contributed by atoms with E-state index in [4.69, 9.17) is 6.42 Å². The highest BCUT2D eigenvalue weighted by Crippen LogP contribution is 2.29. The smallest absolute Gasteiger partial charge is 0.174 e. The molecule has 0 aliphatic heterocycles. The first-order valence-corrected chi connectivity index (χ1v) is 5.43. The van der Waals surface area contributed by atoms with Gasteiger partial charge in [0.25, 0.3) is 0 Å². The molecule has 17 heavy (non-hydrogen) atoms. The highest BCUT2D eigenvalue weighted by molar-refractivity contribution is 5.97. The van der Waals surface area contributed by atoms with Gasteiger partial charge in [0.15, 0.2) is 5.78 Å². The molecule has 0 amide bonds. The van der Waals surface area contributed by atoms with Crippen molar-refractivity contribution in [3.63, 3.8) is 0 Å². The van der Waals surface area contributed by atoms with Gasteiger partial charge < -0.3 is 0 Å². The molecule has 0 saturated heterocycles. The Morgan fingerprint density at radius 1 is 0.941 bits per heavy atom. The molecule has 0 spiro atoms. The van der Waals surface area contributed by atoms with Crippen molar-refractivity contribution in [2.75, 3.05) is 0 Å². The van der Waals surface area contributed by atoms with Gasteiger partial charge in [-0.3, -0.25) is 4.79 Å². The van der Waals surface area contributed by atoms with E-state index in [-0.39, 0.29) is 12.2 Å². The molecule has 0 N–H and O–H groups in total. The molecule has 1 aromatic carbocycles. The third kappa shape index (κ3) is 2.62. The molecule has 2 aliphatic rings. The molecule has 1 aromatic rings. The molecule has 0 saturated carbocycles. The third-order valence-corrected chi connectivity index (χ3v) is 2.58. The Hall–Kier alpha value is -2.33. The highest BCUT2D eigenvalue weighted by atomic mass is 16.1. The lowest BCUT2D eigenvalue weighted by Gasteiger charge is -2.10. The average molecular weight is 220 g/mol. The summed E-state index contributed by atoms with van der Waals surface area (Å²) in [6.45, 7) is 0. The van der Waals surface area contributed by atoms with Gasteiger partial charge >= 0.3 is 0 Å². The van der Waals surface area contributed by atoms with Crippen LogP contribution in [-0.2, 0) is 0 Å². The summed E-state index contributed by atoms with van der Waals surface area (Å²) in [5.41, 5.74) is 3.54. The van der Waals surface area contributed by atoms with Gasteiger partial charge in [-0.15, -0.1) is 6.42 Å². The maximum atomic E-state index is 11.1. The van der Waals surface area contributed by atoms with Gasteiger partial charge in [-0.2, -0.15) is 0 Å². The molecule has 1 nitrogen and oxygen atoms in total.